The first-order chi connectivity index (χ1) is 11.7. The molecule has 2 N–H and O–H groups in total. The highest BCUT2D eigenvalue weighted by atomic mass is 35.6. The summed E-state index contributed by atoms with van der Waals surface area (Å²) in [7, 11) is 0. The molecule has 0 aromatic heterocycles. The van der Waals surface area contributed by atoms with Gasteiger partial charge in [0.2, 0.25) is 3.79 Å². The van der Waals surface area contributed by atoms with E-state index in [0.717, 1.165) is 5.56 Å². The van der Waals surface area contributed by atoms with Crippen molar-refractivity contribution < 1.29 is 9.18 Å². The van der Waals surface area contributed by atoms with Crippen molar-refractivity contribution >= 4 is 40.8 Å². The van der Waals surface area contributed by atoms with Crippen molar-refractivity contribution in [2.45, 2.75) is 29.7 Å². The third-order valence-electron chi connectivity index (χ3n) is 3.78. The van der Waals surface area contributed by atoms with Crippen molar-refractivity contribution in [1.82, 2.24) is 10.6 Å². The lowest BCUT2D eigenvalue weighted by molar-refractivity contribution is 0.234. The van der Waals surface area contributed by atoms with Crippen LogP contribution in [0.4, 0.5) is 9.18 Å². The Balaban J connectivity index is 2.14. The molecule has 25 heavy (non-hydrogen) atoms. The summed E-state index contributed by atoms with van der Waals surface area (Å²) in [6.45, 7) is 3.47. The van der Waals surface area contributed by atoms with Crippen molar-refractivity contribution in [2.24, 2.45) is 0 Å². The number of amides is 2. The number of rotatable bonds is 4. The van der Waals surface area contributed by atoms with Gasteiger partial charge in [0.15, 0.2) is 0 Å². The monoisotopic (exact) mass is 402 g/mol. The molecule has 2 rings (SSSR count). The van der Waals surface area contributed by atoms with Crippen LogP contribution in [0.3, 0.4) is 0 Å². The maximum absolute atomic E-state index is 13.8. The van der Waals surface area contributed by atoms with E-state index in [0.29, 0.717) is 11.1 Å². The van der Waals surface area contributed by atoms with Crippen molar-refractivity contribution in [3.05, 3.63) is 71.0 Å². The first kappa shape index (κ1) is 19.8. The van der Waals surface area contributed by atoms with E-state index in [1.54, 1.807) is 19.1 Å². The van der Waals surface area contributed by atoms with E-state index in [2.05, 4.69) is 10.6 Å². The second-order valence-corrected chi connectivity index (χ2v) is 8.10. The maximum Gasteiger partial charge on any atom is 0.315 e. The Kier molecular flexibility index (Phi) is 6.55. The van der Waals surface area contributed by atoms with Gasteiger partial charge in [0.25, 0.3) is 0 Å². The van der Waals surface area contributed by atoms with E-state index in [9.17, 15) is 9.18 Å². The molecule has 2 amide bonds. The molecule has 0 heterocycles. The topological polar surface area (TPSA) is 41.1 Å². The van der Waals surface area contributed by atoms with Crippen molar-refractivity contribution in [3.63, 3.8) is 0 Å². The molecule has 0 unspecified atom stereocenters. The summed E-state index contributed by atoms with van der Waals surface area (Å²) in [5, 5.41) is 5.38. The molecular weight excluding hydrogens is 386 g/mol. The van der Waals surface area contributed by atoms with Crippen LogP contribution in [0.5, 0.6) is 0 Å². The lowest BCUT2D eigenvalue weighted by Crippen LogP contribution is -2.43. The van der Waals surface area contributed by atoms with Gasteiger partial charge in [-0.15, -0.1) is 0 Å². The minimum atomic E-state index is -1.84. The Morgan fingerprint density at radius 3 is 2.24 bits per heavy atom. The second kappa shape index (κ2) is 8.26. The molecule has 0 aliphatic rings. The zero-order valence-corrected chi connectivity index (χ0v) is 16.0. The van der Waals surface area contributed by atoms with Crippen LogP contribution >= 0.6 is 34.8 Å². The second-order valence-electron chi connectivity index (χ2n) is 5.73. The summed E-state index contributed by atoms with van der Waals surface area (Å²) in [5.41, 5.74) is 1.77. The fourth-order valence-electron chi connectivity index (χ4n) is 2.34. The molecule has 0 saturated carbocycles. The molecule has 0 spiro atoms. The summed E-state index contributed by atoms with van der Waals surface area (Å²) in [6, 6.07) is 12.1. The van der Waals surface area contributed by atoms with Gasteiger partial charge in [-0.25, -0.2) is 9.18 Å². The number of urea groups is 1. The Bertz CT molecular complexity index is 735. The molecule has 3 nitrogen and oxygen atoms in total. The molecule has 2 aromatic rings. The van der Waals surface area contributed by atoms with Gasteiger partial charge in [-0.05, 0) is 36.6 Å². The van der Waals surface area contributed by atoms with Gasteiger partial charge in [-0.1, -0.05) is 77.3 Å². The molecule has 2 aromatic carbocycles. The Labute approximate surface area is 161 Å². The smallest absolute Gasteiger partial charge is 0.315 e. The molecule has 0 fully saturated rings. The molecule has 2 atom stereocenters. The van der Waals surface area contributed by atoms with Crippen LogP contribution in [-0.2, 0) is 0 Å². The van der Waals surface area contributed by atoms with Crippen LogP contribution in [0.15, 0.2) is 48.5 Å². The third-order valence-corrected chi connectivity index (χ3v) is 4.43. The lowest BCUT2D eigenvalue weighted by atomic mass is 10.1. The zero-order chi connectivity index (χ0) is 18.6. The lowest BCUT2D eigenvalue weighted by Gasteiger charge is -2.27. The molecule has 0 aliphatic carbocycles. The van der Waals surface area contributed by atoms with Crippen molar-refractivity contribution in [1.29, 1.82) is 0 Å². The number of carbonyl (C=O) groups excluding carboxylic acids is 1. The number of hydrogen-bond acceptors (Lipinski definition) is 1. The normalized spacial score (nSPS) is 13.8. The standard InChI is InChI=1S/C18H18Cl3FN2O/c1-11-8-9-14(10-15(11)22)16(18(19,20)21)24-17(25)23-12(2)13-6-4-3-5-7-13/h3-10,12,16H,1-2H3,(H2,23,24,25)/t12-,16-/m0/s1. The highest BCUT2D eigenvalue weighted by Gasteiger charge is 2.35. The molecule has 0 aliphatic heterocycles. The number of benzene rings is 2. The van der Waals surface area contributed by atoms with Crippen LogP contribution in [0, 0.1) is 12.7 Å². The van der Waals surface area contributed by atoms with Crippen LogP contribution in [0.25, 0.3) is 0 Å². The molecule has 0 radical (unpaired) electrons. The number of halogens is 4. The summed E-state index contributed by atoms with van der Waals surface area (Å²) < 4.78 is 12.0. The minimum absolute atomic E-state index is 0.244. The summed E-state index contributed by atoms with van der Waals surface area (Å²) in [5.74, 6) is -0.434. The molecule has 7 heteroatoms. The van der Waals surface area contributed by atoms with Crippen LogP contribution in [0.2, 0.25) is 0 Å². The Morgan fingerprint density at radius 1 is 1.04 bits per heavy atom. The van der Waals surface area contributed by atoms with Gasteiger partial charge in [0.1, 0.15) is 11.9 Å². The molecule has 0 bridgehead atoms. The fraction of sp³-hybridized carbons (Fsp3) is 0.278. The number of hydrogen-bond donors (Lipinski definition) is 2. The summed E-state index contributed by atoms with van der Waals surface area (Å²) in [4.78, 5) is 12.3. The zero-order valence-electron chi connectivity index (χ0n) is 13.7. The number of carbonyl (C=O) groups is 1. The predicted octanol–water partition coefficient (Wildman–Crippen LogP) is 5.61. The highest BCUT2D eigenvalue weighted by Crippen LogP contribution is 2.40. The quantitative estimate of drug-likeness (QED) is 0.640. The van der Waals surface area contributed by atoms with Crippen molar-refractivity contribution in [3.8, 4) is 0 Å². The fourth-order valence-corrected chi connectivity index (χ4v) is 2.88. The first-order valence-electron chi connectivity index (χ1n) is 7.63. The minimum Gasteiger partial charge on any atom is -0.332 e. The van der Waals surface area contributed by atoms with E-state index in [4.69, 9.17) is 34.8 Å². The van der Waals surface area contributed by atoms with Crippen molar-refractivity contribution in [2.75, 3.05) is 0 Å². The Morgan fingerprint density at radius 2 is 1.68 bits per heavy atom. The first-order valence-corrected chi connectivity index (χ1v) is 8.76. The SMILES string of the molecule is Cc1ccc([C@H](NC(=O)N[C@@H](C)c2ccccc2)C(Cl)(Cl)Cl)cc1F. The molecule has 0 saturated heterocycles. The van der Waals surface area contributed by atoms with Gasteiger partial charge in [0.05, 0.1) is 6.04 Å². The summed E-state index contributed by atoms with van der Waals surface area (Å²) >= 11 is 18.0. The molecular formula is C18H18Cl3FN2O. The van der Waals surface area contributed by atoms with E-state index >= 15 is 0 Å². The van der Waals surface area contributed by atoms with E-state index in [-0.39, 0.29) is 6.04 Å². The van der Waals surface area contributed by atoms with Crippen LogP contribution in [-0.4, -0.2) is 9.82 Å². The van der Waals surface area contributed by atoms with Crippen LogP contribution < -0.4 is 10.6 Å². The van der Waals surface area contributed by atoms with Crippen LogP contribution in [0.1, 0.15) is 35.7 Å². The Hall–Kier alpha value is -1.49. The van der Waals surface area contributed by atoms with Gasteiger partial charge in [0, 0.05) is 0 Å². The van der Waals surface area contributed by atoms with Gasteiger partial charge < -0.3 is 10.6 Å². The number of nitrogens with one attached hydrogen (secondary N) is 2. The van der Waals surface area contributed by atoms with E-state index < -0.39 is 21.7 Å². The van der Waals surface area contributed by atoms with E-state index in [1.165, 1.54) is 6.07 Å². The van der Waals surface area contributed by atoms with Gasteiger partial charge >= 0.3 is 6.03 Å². The highest BCUT2D eigenvalue weighted by molar-refractivity contribution is 6.68. The number of alkyl halides is 3. The average molecular weight is 404 g/mol. The van der Waals surface area contributed by atoms with Gasteiger partial charge in [-0.2, -0.15) is 0 Å². The third kappa shape index (κ3) is 5.50. The largest absolute Gasteiger partial charge is 0.332 e. The number of aryl methyl sites for hydroxylation is 1. The average Bonchev–Trinajstić information content (AvgIpc) is 2.55. The van der Waals surface area contributed by atoms with E-state index in [1.807, 2.05) is 37.3 Å². The summed E-state index contributed by atoms with van der Waals surface area (Å²) in [6.07, 6.45) is 0. The molecule has 134 valence electrons. The predicted molar refractivity (Wildman–Crippen MR) is 101 cm³/mol. The maximum atomic E-state index is 13.8. The van der Waals surface area contributed by atoms with Gasteiger partial charge in [-0.3, -0.25) is 0 Å².